The SMILES string of the molecule is O=C(CN1C(=O)NC2(CCOCC2)C1=O)Nc1ccccc1. The maximum Gasteiger partial charge on any atom is 0.325 e. The Balaban J connectivity index is 1.66. The summed E-state index contributed by atoms with van der Waals surface area (Å²) in [6.07, 6.45) is 0.878. The minimum atomic E-state index is -0.900. The normalized spacial score (nSPS) is 20.1. The number of carbonyl (C=O) groups excluding carboxylic acids is 3. The Morgan fingerprint density at radius 1 is 1.23 bits per heavy atom. The van der Waals surface area contributed by atoms with Crippen LogP contribution in [0.3, 0.4) is 0 Å². The van der Waals surface area contributed by atoms with E-state index in [1.807, 2.05) is 6.07 Å². The smallest absolute Gasteiger partial charge is 0.325 e. The van der Waals surface area contributed by atoms with E-state index in [9.17, 15) is 14.4 Å². The second-order valence-electron chi connectivity index (χ2n) is 5.43. The van der Waals surface area contributed by atoms with Crippen LogP contribution >= 0.6 is 0 Å². The van der Waals surface area contributed by atoms with Crippen molar-refractivity contribution < 1.29 is 19.1 Å². The van der Waals surface area contributed by atoms with Crippen molar-refractivity contribution in [3.8, 4) is 0 Å². The maximum atomic E-state index is 12.5. The lowest BCUT2D eigenvalue weighted by Crippen LogP contribution is -2.51. The number of benzene rings is 1. The van der Waals surface area contributed by atoms with Gasteiger partial charge in [0.05, 0.1) is 0 Å². The summed E-state index contributed by atoms with van der Waals surface area (Å²) in [5.74, 6) is -0.747. The van der Waals surface area contributed by atoms with Crippen LogP contribution in [0.4, 0.5) is 10.5 Å². The van der Waals surface area contributed by atoms with Crippen molar-refractivity contribution in [2.75, 3.05) is 25.1 Å². The van der Waals surface area contributed by atoms with Gasteiger partial charge in [-0.2, -0.15) is 0 Å². The Kier molecular flexibility index (Phi) is 3.81. The number of imide groups is 1. The van der Waals surface area contributed by atoms with Crippen LogP contribution in [0.1, 0.15) is 12.8 Å². The largest absolute Gasteiger partial charge is 0.381 e. The molecular formula is C15H17N3O4. The molecule has 0 aromatic heterocycles. The minimum Gasteiger partial charge on any atom is -0.381 e. The second-order valence-corrected chi connectivity index (χ2v) is 5.43. The molecule has 3 rings (SSSR count). The van der Waals surface area contributed by atoms with E-state index in [-0.39, 0.29) is 12.5 Å². The molecule has 2 aliphatic rings. The molecule has 1 aromatic carbocycles. The van der Waals surface area contributed by atoms with Crippen LogP contribution in [0.2, 0.25) is 0 Å². The topological polar surface area (TPSA) is 87.7 Å². The molecule has 7 heteroatoms. The fourth-order valence-electron chi connectivity index (χ4n) is 2.74. The van der Waals surface area contributed by atoms with Gasteiger partial charge in [0.2, 0.25) is 5.91 Å². The highest BCUT2D eigenvalue weighted by Crippen LogP contribution is 2.28. The molecule has 0 aliphatic carbocycles. The number of hydrogen-bond acceptors (Lipinski definition) is 4. The fraction of sp³-hybridized carbons (Fsp3) is 0.400. The van der Waals surface area contributed by atoms with Crippen molar-refractivity contribution in [2.45, 2.75) is 18.4 Å². The lowest BCUT2D eigenvalue weighted by molar-refractivity contribution is -0.136. The van der Waals surface area contributed by atoms with E-state index >= 15 is 0 Å². The van der Waals surface area contributed by atoms with Gasteiger partial charge in [-0.15, -0.1) is 0 Å². The number of amides is 4. The van der Waals surface area contributed by atoms with Crippen LogP contribution in [0.5, 0.6) is 0 Å². The molecule has 2 saturated heterocycles. The summed E-state index contributed by atoms with van der Waals surface area (Å²) in [7, 11) is 0. The zero-order valence-electron chi connectivity index (χ0n) is 12.0. The van der Waals surface area contributed by atoms with E-state index in [4.69, 9.17) is 4.74 Å². The Morgan fingerprint density at radius 3 is 2.59 bits per heavy atom. The van der Waals surface area contributed by atoms with E-state index in [1.54, 1.807) is 24.3 Å². The summed E-state index contributed by atoms with van der Waals surface area (Å²) >= 11 is 0. The molecular weight excluding hydrogens is 286 g/mol. The van der Waals surface area contributed by atoms with Crippen molar-refractivity contribution in [1.82, 2.24) is 10.2 Å². The number of hydrogen-bond donors (Lipinski definition) is 2. The average molecular weight is 303 g/mol. The summed E-state index contributed by atoms with van der Waals surface area (Å²) in [5, 5.41) is 5.38. The van der Waals surface area contributed by atoms with E-state index < -0.39 is 17.5 Å². The minimum absolute atomic E-state index is 0.290. The van der Waals surface area contributed by atoms with Gasteiger partial charge in [-0.3, -0.25) is 14.5 Å². The second kappa shape index (κ2) is 5.76. The number of para-hydroxylation sites is 1. The molecule has 0 bridgehead atoms. The predicted molar refractivity (Wildman–Crippen MR) is 78.1 cm³/mol. The number of urea groups is 1. The summed E-state index contributed by atoms with van der Waals surface area (Å²) in [6, 6.07) is 8.38. The lowest BCUT2D eigenvalue weighted by atomic mass is 9.90. The van der Waals surface area contributed by atoms with Crippen LogP contribution in [0, 0.1) is 0 Å². The van der Waals surface area contributed by atoms with Crippen LogP contribution in [-0.4, -0.2) is 48.0 Å². The highest BCUT2D eigenvalue weighted by Gasteiger charge is 2.52. The molecule has 2 N–H and O–H groups in total. The number of nitrogens with zero attached hydrogens (tertiary/aromatic N) is 1. The first kappa shape index (κ1) is 14.5. The highest BCUT2D eigenvalue weighted by molar-refractivity contribution is 6.10. The van der Waals surface area contributed by atoms with Crippen LogP contribution in [0.15, 0.2) is 30.3 Å². The van der Waals surface area contributed by atoms with Crippen molar-refractivity contribution in [2.24, 2.45) is 0 Å². The van der Waals surface area contributed by atoms with E-state index in [2.05, 4.69) is 10.6 Å². The monoisotopic (exact) mass is 303 g/mol. The molecule has 0 radical (unpaired) electrons. The third kappa shape index (κ3) is 2.67. The van der Waals surface area contributed by atoms with Gasteiger partial charge >= 0.3 is 6.03 Å². The quantitative estimate of drug-likeness (QED) is 0.806. The standard InChI is InChI=1S/C15H17N3O4/c19-12(16-11-4-2-1-3-5-11)10-18-13(20)15(17-14(18)21)6-8-22-9-7-15/h1-5H,6-10H2,(H,16,19)(H,17,21). The first-order valence-corrected chi connectivity index (χ1v) is 7.17. The van der Waals surface area contributed by atoms with E-state index in [0.29, 0.717) is 31.7 Å². The molecule has 2 heterocycles. The summed E-state index contributed by atoms with van der Waals surface area (Å²) < 4.78 is 5.23. The average Bonchev–Trinajstić information content (AvgIpc) is 2.73. The van der Waals surface area contributed by atoms with Crippen molar-refractivity contribution in [1.29, 1.82) is 0 Å². The van der Waals surface area contributed by atoms with Gasteiger partial charge in [0, 0.05) is 31.7 Å². The Bertz CT molecular complexity index is 596. The van der Waals surface area contributed by atoms with Gasteiger partial charge in [0.1, 0.15) is 12.1 Å². The molecule has 4 amide bonds. The van der Waals surface area contributed by atoms with Crippen molar-refractivity contribution in [3.63, 3.8) is 0 Å². The van der Waals surface area contributed by atoms with Gasteiger partial charge in [-0.25, -0.2) is 4.79 Å². The van der Waals surface area contributed by atoms with Gasteiger partial charge in [0.15, 0.2) is 0 Å². The predicted octanol–water partition coefficient (Wildman–Crippen LogP) is 0.726. The molecule has 22 heavy (non-hydrogen) atoms. The maximum absolute atomic E-state index is 12.5. The lowest BCUT2D eigenvalue weighted by Gasteiger charge is -2.30. The Hall–Kier alpha value is -2.41. The Labute approximate surface area is 127 Å². The van der Waals surface area contributed by atoms with Gasteiger partial charge in [-0.1, -0.05) is 18.2 Å². The third-order valence-electron chi connectivity index (χ3n) is 3.95. The van der Waals surface area contributed by atoms with Crippen molar-refractivity contribution in [3.05, 3.63) is 30.3 Å². The first-order chi connectivity index (χ1) is 10.6. The van der Waals surface area contributed by atoms with Crippen LogP contribution in [0.25, 0.3) is 0 Å². The van der Waals surface area contributed by atoms with Crippen LogP contribution < -0.4 is 10.6 Å². The molecule has 1 spiro atoms. The summed E-state index contributed by atoms with van der Waals surface area (Å²) in [6.45, 7) is 0.564. The molecule has 7 nitrogen and oxygen atoms in total. The molecule has 116 valence electrons. The number of rotatable bonds is 3. The fourth-order valence-corrected chi connectivity index (χ4v) is 2.74. The molecule has 0 saturated carbocycles. The van der Waals surface area contributed by atoms with Crippen LogP contribution in [-0.2, 0) is 14.3 Å². The first-order valence-electron chi connectivity index (χ1n) is 7.17. The molecule has 1 aromatic rings. The van der Waals surface area contributed by atoms with Crippen molar-refractivity contribution >= 4 is 23.5 Å². The summed E-state index contributed by atoms with van der Waals surface area (Å²) in [5.41, 5.74) is -0.275. The summed E-state index contributed by atoms with van der Waals surface area (Å²) in [4.78, 5) is 37.5. The van der Waals surface area contributed by atoms with E-state index in [1.165, 1.54) is 0 Å². The highest BCUT2D eigenvalue weighted by atomic mass is 16.5. The zero-order chi connectivity index (χ0) is 15.6. The van der Waals surface area contributed by atoms with Gasteiger partial charge < -0.3 is 15.4 Å². The Morgan fingerprint density at radius 2 is 1.91 bits per heavy atom. The number of nitrogens with one attached hydrogen (secondary N) is 2. The van der Waals surface area contributed by atoms with E-state index in [0.717, 1.165) is 4.90 Å². The number of anilines is 1. The molecule has 2 fully saturated rings. The third-order valence-corrected chi connectivity index (χ3v) is 3.95. The number of carbonyl (C=O) groups is 3. The zero-order valence-corrected chi connectivity index (χ0v) is 12.0. The number of ether oxygens (including phenoxy) is 1. The molecule has 0 unspecified atom stereocenters. The van der Waals surface area contributed by atoms with Gasteiger partial charge in [0.25, 0.3) is 5.91 Å². The van der Waals surface area contributed by atoms with Gasteiger partial charge in [-0.05, 0) is 12.1 Å². The molecule has 0 atom stereocenters. The molecule has 2 aliphatic heterocycles.